The highest BCUT2D eigenvalue weighted by Gasteiger charge is 2.36. The highest BCUT2D eigenvalue weighted by atomic mass is 35.5. The van der Waals surface area contributed by atoms with Crippen LogP contribution in [0.5, 0.6) is 11.5 Å². The summed E-state index contributed by atoms with van der Waals surface area (Å²) in [6, 6.07) is 19.7. The maximum Gasteiger partial charge on any atom is 0.232 e. The lowest BCUT2D eigenvalue weighted by atomic mass is 9.85. The number of carbonyl (C=O) groups excluding carboxylic acids is 1. The van der Waals surface area contributed by atoms with Crippen molar-refractivity contribution in [3.05, 3.63) is 82.4 Å². The van der Waals surface area contributed by atoms with E-state index in [2.05, 4.69) is 24.4 Å². The topological polar surface area (TPSA) is 50.8 Å². The Labute approximate surface area is 224 Å². The van der Waals surface area contributed by atoms with E-state index in [1.165, 1.54) is 19.3 Å². The Morgan fingerprint density at radius 3 is 2.41 bits per heavy atom. The summed E-state index contributed by atoms with van der Waals surface area (Å²) in [5.41, 5.74) is 4.93. The van der Waals surface area contributed by atoms with Gasteiger partial charge < -0.3 is 19.7 Å². The van der Waals surface area contributed by atoms with Gasteiger partial charge in [-0.1, -0.05) is 37.1 Å². The van der Waals surface area contributed by atoms with Crippen LogP contribution in [0.15, 0.2) is 60.7 Å². The molecule has 0 aromatic heterocycles. The fourth-order valence-electron chi connectivity index (χ4n) is 5.07. The Morgan fingerprint density at radius 1 is 1.05 bits per heavy atom. The van der Waals surface area contributed by atoms with Crippen molar-refractivity contribution in [2.75, 3.05) is 23.9 Å². The summed E-state index contributed by atoms with van der Waals surface area (Å²) in [4.78, 5) is 15.6. The van der Waals surface area contributed by atoms with E-state index in [0.29, 0.717) is 22.9 Å². The van der Waals surface area contributed by atoms with Gasteiger partial charge in [-0.05, 0) is 97.3 Å². The number of anilines is 2. The second-order valence-corrected chi connectivity index (χ2v) is 10.6. The first kappa shape index (κ1) is 25.5. The molecule has 1 fully saturated rings. The van der Waals surface area contributed by atoms with Crippen LogP contribution < -0.4 is 19.7 Å². The number of carbonyl (C=O) groups is 1. The minimum Gasteiger partial charge on any atom is -0.493 e. The van der Waals surface area contributed by atoms with E-state index >= 15 is 0 Å². The third-order valence-corrected chi connectivity index (χ3v) is 7.89. The molecule has 194 valence electrons. The van der Waals surface area contributed by atoms with Gasteiger partial charge in [0.05, 0.1) is 25.7 Å². The Balaban J connectivity index is 1.54. The van der Waals surface area contributed by atoms with Gasteiger partial charge in [-0.15, -0.1) is 0 Å². The summed E-state index contributed by atoms with van der Waals surface area (Å²) in [6.07, 6.45) is 5.17. The summed E-state index contributed by atoms with van der Waals surface area (Å²) in [5.74, 6) is 2.16. The molecule has 1 N–H and O–H groups in total. The summed E-state index contributed by atoms with van der Waals surface area (Å²) in [7, 11) is 1.64. The van der Waals surface area contributed by atoms with Crippen LogP contribution in [0.4, 0.5) is 11.4 Å². The standard InChI is InChI=1S/C31H35ClN2O3/c1-4-20(2)37-29-18-27-23(16-28(29)36-3)17-30(35)34(31(27)22-8-10-24(32)11-9-22)26-14-12-25(13-15-26)33-19-21-6-5-7-21/h8-16,18,20-21,31,33H,4-7,17,19H2,1-3H3/t20-,31?/m1/s1. The zero-order chi connectivity index (χ0) is 25.9. The Kier molecular flexibility index (Phi) is 7.61. The molecule has 1 saturated carbocycles. The lowest BCUT2D eigenvalue weighted by Crippen LogP contribution is -2.41. The molecule has 3 aromatic carbocycles. The second kappa shape index (κ2) is 11.1. The molecule has 5 rings (SSSR count). The predicted molar refractivity (Wildman–Crippen MR) is 150 cm³/mol. The van der Waals surface area contributed by atoms with Gasteiger partial charge in [-0.2, -0.15) is 0 Å². The SMILES string of the molecule is CC[C@@H](C)Oc1cc2c(cc1OC)CC(=O)N(c1ccc(NCC3CCC3)cc1)C2c1ccc(Cl)cc1. The van der Waals surface area contributed by atoms with Gasteiger partial charge in [0.25, 0.3) is 0 Å². The van der Waals surface area contributed by atoms with Crippen molar-refractivity contribution in [3.8, 4) is 11.5 Å². The number of amides is 1. The molecule has 5 nitrogen and oxygen atoms in total. The van der Waals surface area contributed by atoms with Gasteiger partial charge in [0.2, 0.25) is 5.91 Å². The van der Waals surface area contributed by atoms with Crippen LogP contribution in [0.2, 0.25) is 5.02 Å². The lowest BCUT2D eigenvalue weighted by molar-refractivity contribution is -0.118. The van der Waals surface area contributed by atoms with Crippen LogP contribution in [-0.2, 0) is 11.2 Å². The molecule has 1 heterocycles. The number of rotatable bonds is 9. The highest BCUT2D eigenvalue weighted by molar-refractivity contribution is 6.30. The monoisotopic (exact) mass is 518 g/mol. The molecule has 1 aliphatic heterocycles. The predicted octanol–water partition coefficient (Wildman–Crippen LogP) is 7.42. The maximum absolute atomic E-state index is 13.7. The lowest BCUT2D eigenvalue weighted by Gasteiger charge is -2.38. The number of hydrogen-bond donors (Lipinski definition) is 1. The number of hydrogen-bond acceptors (Lipinski definition) is 4. The third-order valence-electron chi connectivity index (χ3n) is 7.64. The summed E-state index contributed by atoms with van der Waals surface area (Å²) < 4.78 is 11.9. The molecule has 0 radical (unpaired) electrons. The van der Waals surface area contributed by atoms with Crippen LogP contribution in [0, 0.1) is 5.92 Å². The first-order valence-electron chi connectivity index (χ1n) is 13.3. The number of benzene rings is 3. The Bertz CT molecular complexity index is 1240. The number of methoxy groups -OCH3 is 1. The maximum atomic E-state index is 13.7. The summed E-state index contributed by atoms with van der Waals surface area (Å²) >= 11 is 6.23. The highest BCUT2D eigenvalue weighted by Crippen LogP contribution is 2.44. The fraction of sp³-hybridized carbons (Fsp3) is 0.387. The third kappa shape index (κ3) is 5.42. The molecule has 3 aromatic rings. The molecule has 1 unspecified atom stereocenters. The van der Waals surface area contributed by atoms with Crippen LogP contribution in [0.3, 0.4) is 0 Å². The van der Waals surface area contributed by atoms with Gasteiger partial charge in [0, 0.05) is 22.9 Å². The first-order valence-corrected chi connectivity index (χ1v) is 13.6. The molecule has 6 heteroatoms. The Hall–Kier alpha value is -3.18. The van der Waals surface area contributed by atoms with Crippen molar-refractivity contribution in [2.45, 2.75) is 58.1 Å². The number of nitrogens with zero attached hydrogens (tertiary/aromatic N) is 1. The molecule has 0 bridgehead atoms. The molecule has 2 atom stereocenters. The average molecular weight is 519 g/mol. The average Bonchev–Trinajstić information content (AvgIpc) is 2.88. The fourth-order valence-corrected chi connectivity index (χ4v) is 5.20. The van der Waals surface area contributed by atoms with Crippen molar-refractivity contribution in [3.63, 3.8) is 0 Å². The largest absolute Gasteiger partial charge is 0.493 e. The van der Waals surface area contributed by atoms with Gasteiger partial charge >= 0.3 is 0 Å². The van der Waals surface area contributed by atoms with Gasteiger partial charge in [-0.3, -0.25) is 4.79 Å². The minimum absolute atomic E-state index is 0.0419. The van der Waals surface area contributed by atoms with Crippen molar-refractivity contribution in [1.82, 2.24) is 0 Å². The smallest absolute Gasteiger partial charge is 0.232 e. The van der Waals surface area contributed by atoms with E-state index in [0.717, 1.165) is 46.9 Å². The van der Waals surface area contributed by atoms with Crippen LogP contribution in [-0.4, -0.2) is 25.7 Å². The number of nitrogens with one attached hydrogen (secondary N) is 1. The van der Waals surface area contributed by atoms with E-state index in [1.54, 1.807) is 7.11 Å². The van der Waals surface area contributed by atoms with Crippen molar-refractivity contribution in [2.24, 2.45) is 5.92 Å². The molecule has 37 heavy (non-hydrogen) atoms. The number of fused-ring (bicyclic) bond motifs is 1. The van der Waals surface area contributed by atoms with E-state index in [-0.39, 0.29) is 18.1 Å². The van der Waals surface area contributed by atoms with Crippen molar-refractivity contribution >= 4 is 28.9 Å². The van der Waals surface area contributed by atoms with Crippen molar-refractivity contribution in [1.29, 1.82) is 0 Å². The quantitative estimate of drug-likeness (QED) is 0.320. The van der Waals surface area contributed by atoms with Crippen LogP contribution in [0.25, 0.3) is 0 Å². The second-order valence-electron chi connectivity index (χ2n) is 10.2. The molecule has 2 aliphatic rings. The van der Waals surface area contributed by atoms with Crippen LogP contribution in [0.1, 0.15) is 62.3 Å². The van der Waals surface area contributed by atoms with Crippen LogP contribution >= 0.6 is 11.6 Å². The minimum atomic E-state index is -0.313. The van der Waals surface area contributed by atoms with Gasteiger partial charge in [-0.25, -0.2) is 0 Å². The summed E-state index contributed by atoms with van der Waals surface area (Å²) in [5, 5.41) is 4.21. The normalized spacial score (nSPS) is 18.1. The molecule has 0 saturated heterocycles. The summed E-state index contributed by atoms with van der Waals surface area (Å²) in [6.45, 7) is 5.15. The number of ether oxygens (including phenoxy) is 2. The first-order chi connectivity index (χ1) is 18.0. The zero-order valence-corrected chi connectivity index (χ0v) is 22.6. The molecular formula is C31H35ClN2O3. The molecule has 1 amide bonds. The molecule has 0 spiro atoms. The van der Waals surface area contributed by atoms with Crippen molar-refractivity contribution < 1.29 is 14.3 Å². The zero-order valence-electron chi connectivity index (χ0n) is 21.8. The molecular weight excluding hydrogens is 484 g/mol. The van der Waals surface area contributed by atoms with E-state index in [1.807, 2.05) is 60.4 Å². The van der Waals surface area contributed by atoms with Gasteiger partial charge in [0.1, 0.15) is 0 Å². The number of halogens is 1. The van der Waals surface area contributed by atoms with E-state index in [4.69, 9.17) is 21.1 Å². The van der Waals surface area contributed by atoms with E-state index < -0.39 is 0 Å². The molecule has 1 aliphatic carbocycles. The van der Waals surface area contributed by atoms with E-state index in [9.17, 15) is 4.79 Å². The van der Waals surface area contributed by atoms with Gasteiger partial charge in [0.15, 0.2) is 11.5 Å². The Morgan fingerprint density at radius 2 is 1.78 bits per heavy atom.